The van der Waals surface area contributed by atoms with Crippen LogP contribution in [0.1, 0.15) is 27.9 Å². The van der Waals surface area contributed by atoms with E-state index in [-0.39, 0.29) is 11.8 Å². The normalized spacial score (nSPS) is 13.6. The highest BCUT2D eigenvalue weighted by atomic mass is 16.2. The van der Waals surface area contributed by atoms with Crippen LogP contribution >= 0.6 is 0 Å². The molecule has 1 N–H and O–H groups in total. The minimum absolute atomic E-state index is 0.109. The summed E-state index contributed by atoms with van der Waals surface area (Å²) >= 11 is 0. The molecule has 0 radical (unpaired) electrons. The van der Waals surface area contributed by atoms with E-state index in [4.69, 9.17) is 0 Å². The molecule has 1 aliphatic heterocycles. The van der Waals surface area contributed by atoms with Gasteiger partial charge in [0.1, 0.15) is 0 Å². The summed E-state index contributed by atoms with van der Waals surface area (Å²) in [4.78, 5) is 26.0. The van der Waals surface area contributed by atoms with Crippen LogP contribution in [0.4, 0.5) is 5.69 Å². The first-order chi connectivity index (χ1) is 11.1. The number of benzene rings is 2. The zero-order chi connectivity index (χ0) is 16.2. The molecule has 1 aliphatic rings. The summed E-state index contributed by atoms with van der Waals surface area (Å²) in [6.07, 6.45) is 1.32. The highest BCUT2D eigenvalue weighted by Crippen LogP contribution is 2.26. The molecule has 4 heteroatoms. The predicted molar refractivity (Wildman–Crippen MR) is 90.6 cm³/mol. The third kappa shape index (κ3) is 3.42. The quantitative estimate of drug-likeness (QED) is 0.944. The molecule has 0 saturated carbocycles. The number of nitrogens with one attached hydrogen (secondary N) is 1. The van der Waals surface area contributed by atoms with Crippen molar-refractivity contribution in [2.24, 2.45) is 0 Å². The summed E-state index contributed by atoms with van der Waals surface area (Å²) < 4.78 is 0. The maximum atomic E-state index is 12.2. The van der Waals surface area contributed by atoms with Crippen LogP contribution in [-0.4, -0.2) is 24.9 Å². The number of fused-ring (bicyclic) bond motifs is 1. The van der Waals surface area contributed by atoms with Crippen LogP contribution < -0.4 is 10.2 Å². The van der Waals surface area contributed by atoms with Crippen molar-refractivity contribution in [3.05, 3.63) is 65.2 Å². The van der Waals surface area contributed by atoms with Crippen LogP contribution in [0.5, 0.6) is 0 Å². The number of carbonyl (C=O) groups is 2. The first kappa shape index (κ1) is 15.3. The summed E-state index contributed by atoms with van der Waals surface area (Å²) in [6, 6.07) is 15.4. The van der Waals surface area contributed by atoms with Crippen molar-refractivity contribution in [1.29, 1.82) is 0 Å². The fourth-order valence-corrected chi connectivity index (χ4v) is 2.83. The average Bonchev–Trinajstić information content (AvgIpc) is 2.57. The van der Waals surface area contributed by atoms with E-state index in [1.165, 1.54) is 5.56 Å². The number of rotatable bonds is 4. The Labute approximate surface area is 136 Å². The lowest BCUT2D eigenvalue weighted by molar-refractivity contribution is -0.118. The second-order valence-electron chi connectivity index (χ2n) is 5.80. The maximum Gasteiger partial charge on any atom is 0.251 e. The van der Waals surface area contributed by atoms with E-state index >= 15 is 0 Å². The summed E-state index contributed by atoms with van der Waals surface area (Å²) in [5, 5.41) is 2.88. The number of hydrogen-bond acceptors (Lipinski definition) is 2. The van der Waals surface area contributed by atoms with Crippen LogP contribution in [0.2, 0.25) is 0 Å². The molecule has 0 spiro atoms. The minimum atomic E-state index is -0.109. The minimum Gasteiger partial charge on any atom is -0.350 e. The Kier molecular flexibility index (Phi) is 4.42. The molecular formula is C19H20N2O2. The zero-order valence-electron chi connectivity index (χ0n) is 13.2. The van der Waals surface area contributed by atoms with Gasteiger partial charge >= 0.3 is 0 Å². The average molecular weight is 308 g/mol. The van der Waals surface area contributed by atoms with Gasteiger partial charge in [0.25, 0.3) is 5.91 Å². The van der Waals surface area contributed by atoms with Gasteiger partial charge in [-0.2, -0.15) is 0 Å². The first-order valence-electron chi connectivity index (χ1n) is 7.88. The van der Waals surface area contributed by atoms with Crippen LogP contribution in [0.25, 0.3) is 0 Å². The zero-order valence-corrected chi connectivity index (χ0v) is 13.2. The molecular weight excluding hydrogens is 288 g/mol. The standard InChI is InChI=1S/C19H20N2O2/c1-14-6-8-16(9-7-14)19(23)20-12-13-21-17-5-3-2-4-15(17)10-11-18(21)22/h2-9H,10-13H2,1H3,(H,20,23). The van der Waals surface area contributed by atoms with E-state index in [0.717, 1.165) is 17.7 Å². The number of amides is 2. The van der Waals surface area contributed by atoms with Crippen LogP contribution in [0.15, 0.2) is 48.5 Å². The van der Waals surface area contributed by atoms with Gasteiger partial charge in [0.15, 0.2) is 0 Å². The van der Waals surface area contributed by atoms with Gasteiger partial charge in [-0.05, 0) is 37.1 Å². The Morgan fingerprint density at radius 1 is 1.09 bits per heavy atom. The smallest absolute Gasteiger partial charge is 0.251 e. The Hall–Kier alpha value is -2.62. The third-order valence-corrected chi connectivity index (χ3v) is 4.13. The summed E-state index contributed by atoms with van der Waals surface area (Å²) in [7, 11) is 0. The second kappa shape index (κ2) is 6.65. The Balaban J connectivity index is 1.61. The van der Waals surface area contributed by atoms with Crippen molar-refractivity contribution in [2.75, 3.05) is 18.0 Å². The Bertz CT molecular complexity index is 722. The topological polar surface area (TPSA) is 49.4 Å². The summed E-state index contributed by atoms with van der Waals surface area (Å²) in [5.74, 6) is 0.0102. The van der Waals surface area contributed by atoms with Crippen molar-refractivity contribution < 1.29 is 9.59 Å². The summed E-state index contributed by atoms with van der Waals surface area (Å²) in [5.41, 5.74) is 3.92. The van der Waals surface area contributed by atoms with E-state index in [0.29, 0.717) is 25.1 Å². The number of hydrogen-bond donors (Lipinski definition) is 1. The number of anilines is 1. The van der Waals surface area contributed by atoms with Gasteiger partial charge in [0.2, 0.25) is 5.91 Å². The highest BCUT2D eigenvalue weighted by Gasteiger charge is 2.23. The van der Waals surface area contributed by atoms with Crippen molar-refractivity contribution in [2.45, 2.75) is 19.8 Å². The lowest BCUT2D eigenvalue weighted by Crippen LogP contribution is -2.41. The molecule has 1 heterocycles. The van der Waals surface area contributed by atoms with Crippen molar-refractivity contribution in [1.82, 2.24) is 5.32 Å². The number of carbonyl (C=O) groups excluding carboxylic acids is 2. The van der Waals surface area contributed by atoms with Gasteiger partial charge < -0.3 is 10.2 Å². The SMILES string of the molecule is Cc1ccc(C(=O)NCCN2C(=O)CCc3ccccc32)cc1. The fourth-order valence-electron chi connectivity index (χ4n) is 2.83. The molecule has 0 unspecified atom stereocenters. The molecule has 0 aliphatic carbocycles. The van der Waals surface area contributed by atoms with Crippen LogP contribution in [0, 0.1) is 6.92 Å². The van der Waals surface area contributed by atoms with Gasteiger partial charge in [-0.15, -0.1) is 0 Å². The summed E-state index contributed by atoms with van der Waals surface area (Å²) in [6.45, 7) is 2.92. The van der Waals surface area contributed by atoms with Crippen LogP contribution in [0.3, 0.4) is 0 Å². The van der Waals surface area contributed by atoms with Crippen molar-refractivity contribution in [3.8, 4) is 0 Å². The first-order valence-corrected chi connectivity index (χ1v) is 7.88. The van der Waals surface area contributed by atoms with Gasteiger partial charge in [0, 0.05) is 30.8 Å². The molecule has 3 rings (SSSR count). The van der Waals surface area contributed by atoms with Gasteiger partial charge in [-0.25, -0.2) is 0 Å². The largest absolute Gasteiger partial charge is 0.350 e. The molecule has 0 fully saturated rings. The van der Waals surface area contributed by atoms with Gasteiger partial charge in [-0.3, -0.25) is 9.59 Å². The molecule has 2 aromatic carbocycles. The third-order valence-electron chi connectivity index (χ3n) is 4.13. The molecule has 0 saturated heterocycles. The molecule has 23 heavy (non-hydrogen) atoms. The van der Waals surface area contributed by atoms with E-state index in [1.807, 2.05) is 49.4 Å². The Morgan fingerprint density at radius 2 is 1.83 bits per heavy atom. The lowest BCUT2D eigenvalue weighted by atomic mass is 10.0. The molecule has 0 bridgehead atoms. The highest BCUT2D eigenvalue weighted by molar-refractivity contribution is 5.97. The number of para-hydroxylation sites is 1. The van der Waals surface area contributed by atoms with E-state index in [2.05, 4.69) is 11.4 Å². The fraction of sp³-hybridized carbons (Fsp3) is 0.263. The molecule has 0 aromatic heterocycles. The lowest BCUT2D eigenvalue weighted by Gasteiger charge is -2.29. The van der Waals surface area contributed by atoms with Crippen molar-refractivity contribution >= 4 is 17.5 Å². The number of nitrogens with zero attached hydrogens (tertiary/aromatic N) is 1. The number of aryl methyl sites for hydroxylation is 2. The van der Waals surface area contributed by atoms with Gasteiger partial charge in [0.05, 0.1) is 0 Å². The second-order valence-corrected chi connectivity index (χ2v) is 5.80. The van der Waals surface area contributed by atoms with Crippen LogP contribution in [-0.2, 0) is 11.2 Å². The molecule has 0 atom stereocenters. The Morgan fingerprint density at radius 3 is 2.61 bits per heavy atom. The monoisotopic (exact) mass is 308 g/mol. The molecule has 2 aromatic rings. The molecule has 118 valence electrons. The molecule has 4 nitrogen and oxygen atoms in total. The predicted octanol–water partition coefficient (Wildman–Crippen LogP) is 2.70. The van der Waals surface area contributed by atoms with E-state index in [9.17, 15) is 9.59 Å². The van der Waals surface area contributed by atoms with Gasteiger partial charge in [-0.1, -0.05) is 35.9 Å². The molecule has 2 amide bonds. The van der Waals surface area contributed by atoms with E-state index in [1.54, 1.807) is 4.90 Å². The van der Waals surface area contributed by atoms with E-state index < -0.39 is 0 Å². The van der Waals surface area contributed by atoms with Crippen molar-refractivity contribution in [3.63, 3.8) is 0 Å². The maximum absolute atomic E-state index is 12.2.